The van der Waals surface area contributed by atoms with Gasteiger partial charge in [-0.1, -0.05) is 37.0 Å². The molecule has 1 atom stereocenters. The summed E-state index contributed by atoms with van der Waals surface area (Å²) >= 11 is 0. The minimum absolute atomic E-state index is 0.0829. The summed E-state index contributed by atoms with van der Waals surface area (Å²) in [5.41, 5.74) is 1.62. The summed E-state index contributed by atoms with van der Waals surface area (Å²) in [4.78, 5) is 26.4. The molecule has 1 saturated carbocycles. The SMILES string of the molecule is Cc1ccc(N2C(=O)C3(CCCCC3)[C@H](N3CCN(C)CC3)C2=NC(C)(C)C)cc1. The maximum Gasteiger partial charge on any atom is 0.240 e. The molecular formula is C25H38N4O. The standard InChI is InChI=1S/C25H38N4O/c1-19-9-11-20(12-10-19)29-22(26-24(2,3)4)21(28-17-15-27(5)16-18-28)25(23(29)30)13-7-6-8-14-25/h9-12,21H,6-8,13-18H2,1-5H3/t21-/m1/s1. The van der Waals surface area contributed by atoms with Crippen molar-refractivity contribution in [3.63, 3.8) is 0 Å². The maximum absolute atomic E-state index is 14.2. The van der Waals surface area contributed by atoms with E-state index in [0.717, 1.165) is 63.4 Å². The van der Waals surface area contributed by atoms with Crippen molar-refractivity contribution >= 4 is 17.4 Å². The lowest BCUT2D eigenvalue weighted by molar-refractivity contribution is -0.130. The average molecular weight is 411 g/mol. The van der Waals surface area contributed by atoms with Gasteiger partial charge in [-0.2, -0.15) is 0 Å². The van der Waals surface area contributed by atoms with Gasteiger partial charge in [0, 0.05) is 26.2 Å². The number of aryl methyl sites for hydroxylation is 1. The number of likely N-dealkylation sites (N-methyl/N-ethyl adjacent to an activating group) is 1. The van der Waals surface area contributed by atoms with Crippen molar-refractivity contribution < 1.29 is 4.79 Å². The molecule has 0 bridgehead atoms. The number of aliphatic imine (C=N–C) groups is 1. The van der Waals surface area contributed by atoms with Crippen LogP contribution < -0.4 is 4.90 Å². The zero-order valence-electron chi connectivity index (χ0n) is 19.4. The van der Waals surface area contributed by atoms with Crippen molar-refractivity contribution in [2.75, 3.05) is 38.1 Å². The predicted molar refractivity (Wildman–Crippen MR) is 124 cm³/mol. The molecule has 5 heteroatoms. The maximum atomic E-state index is 14.2. The number of rotatable bonds is 2. The quantitative estimate of drug-likeness (QED) is 0.737. The number of anilines is 1. The van der Waals surface area contributed by atoms with Gasteiger partial charge in [-0.3, -0.25) is 19.6 Å². The number of amides is 1. The lowest BCUT2D eigenvalue weighted by Gasteiger charge is -2.44. The highest BCUT2D eigenvalue weighted by Gasteiger charge is 2.60. The third-order valence-electron chi connectivity index (χ3n) is 7.02. The Bertz CT molecular complexity index is 793. The summed E-state index contributed by atoms with van der Waals surface area (Å²) in [5, 5.41) is 0. The number of hydrogen-bond donors (Lipinski definition) is 0. The third-order valence-corrected chi connectivity index (χ3v) is 7.02. The molecule has 1 amide bonds. The Morgan fingerprint density at radius 2 is 1.57 bits per heavy atom. The number of carbonyl (C=O) groups excluding carboxylic acids is 1. The highest BCUT2D eigenvalue weighted by molar-refractivity contribution is 6.27. The molecule has 1 aliphatic carbocycles. The van der Waals surface area contributed by atoms with Crippen LogP contribution in [-0.4, -0.2) is 66.4 Å². The van der Waals surface area contributed by atoms with Gasteiger partial charge in [-0.15, -0.1) is 0 Å². The second-order valence-electron chi connectivity index (χ2n) is 10.6. The zero-order valence-corrected chi connectivity index (χ0v) is 19.4. The van der Waals surface area contributed by atoms with E-state index < -0.39 is 0 Å². The van der Waals surface area contributed by atoms with Crippen molar-refractivity contribution in [3.8, 4) is 0 Å². The molecule has 2 aliphatic heterocycles. The van der Waals surface area contributed by atoms with Crippen LogP contribution in [0.5, 0.6) is 0 Å². The van der Waals surface area contributed by atoms with Crippen molar-refractivity contribution in [2.45, 2.75) is 71.4 Å². The van der Waals surface area contributed by atoms with E-state index in [4.69, 9.17) is 4.99 Å². The van der Waals surface area contributed by atoms with Crippen LogP contribution in [-0.2, 0) is 4.79 Å². The summed E-state index contributed by atoms with van der Waals surface area (Å²) in [6.45, 7) is 12.6. The van der Waals surface area contributed by atoms with Crippen LogP contribution in [0.1, 0.15) is 58.4 Å². The smallest absolute Gasteiger partial charge is 0.240 e. The highest BCUT2D eigenvalue weighted by atomic mass is 16.2. The van der Waals surface area contributed by atoms with Gasteiger partial charge in [-0.25, -0.2) is 0 Å². The number of hydrogen-bond acceptors (Lipinski definition) is 4. The first-order chi connectivity index (χ1) is 14.2. The average Bonchev–Trinajstić information content (AvgIpc) is 2.90. The number of carbonyl (C=O) groups is 1. The molecule has 164 valence electrons. The fourth-order valence-corrected chi connectivity index (χ4v) is 5.47. The van der Waals surface area contributed by atoms with Gasteiger partial charge in [-0.05, 0) is 59.7 Å². The first kappa shape index (κ1) is 21.5. The Hall–Kier alpha value is -1.72. The first-order valence-corrected chi connectivity index (χ1v) is 11.6. The van der Waals surface area contributed by atoms with Gasteiger partial charge in [0.05, 0.1) is 22.7 Å². The molecule has 0 radical (unpaired) electrons. The molecule has 5 nitrogen and oxygen atoms in total. The summed E-state index contributed by atoms with van der Waals surface area (Å²) in [6.07, 6.45) is 5.48. The summed E-state index contributed by atoms with van der Waals surface area (Å²) in [5.74, 6) is 1.25. The van der Waals surface area contributed by atoms with E-state index in [-0.39, 0.29) is 22.9 Å². The first-order valence-electron chi connectivity index (χ1n) is 11.6. The molecule has 0 aromatic heterocycles. The second kappa shape index (κ2) is 8.08. The molecule has 1 spiro atoms. The number of amidine groups is 1. The monoisotopic (exact) mass is 410 g/mol. The number of benzene rings is 1. The lowest BCUT2D eigenvalue weighted by Crippen LogP contribution is -2.57. The van der Waals surface area contributed by atoms with Crippen molar-refractivity contribution in [2.24, 2.45) is 10.4 Å². The van der Waals surface area contributed by atoms with Crippen LogP contribution in [0.3, 0.4) is 0 Å². The Morgan fingerprint density at radius 1 is 0.967 bits per heavy atom. The molecule has 0 unspecified atom stereocenters. The summed E-state index contributed by atoms with van der Waals surface area (Å²) < 4.78 is 0. The van der Waals surface area contributed by atoms with E-state index in [1.807, 2.05) is 4.90 Å². The van der Waals surface area contributed by atoms with Crippen LogP contribution in [0.25, 0.3) is 0 Å². The van der Waals surface area contributed by atoms with E-state index in [9.17, 15) is 4.79 Å². The van der Waals surface area contributed by atoms with Gasteiger partial charge < -0.3 is 4.90 Å². The van der Waals surface area contributed by atoms with Gasteiger partial charge in [0.25, 0.3) is 0 Å². The van der Waals surface area contributed by atoms with E-state index in [2.05, 4.69) is 68.8 Å². The summed E-state index contributed by atoms with van der Waals surface area (Å²) in [6, 6.07) is 8.48. The van der Waals surface area contributed by atoms with E-state index in [0.29, 0.717) is 0 Å². The molecule has 2 heterocycles. The van der Waals surface area contributed by atoms with Crippen molar-refractivity contribution in [3.05, 3.63) is 29.8 Å². The molecule has 3 aliphatic rings. The van der Waals surface area contributed by atoms with Crippen LogP contribution >= 0.6 is 0 Å². The van der Waals surface area contributed by atoms with Crippen LogP contribution in [0.15, 0.2) is 29.3 Å². The molecule has 1 aromatic carbocycles. The highest BCUT2D eigenvalue weighted by Crippen LogP contribution is 2.49. The molecule has 30 heavy (non-hydrogen) atoms. The van der Waals surface area contributed by atoms with Crippen molar-refractivity contribution in [1.82, 2.24) is 9.80 Å². The molecule has 3 fully saturated rings. The van der Waals surface area contributed by atoms with Gasteiger partial charge in [0.1, 0.15) is 5.84 Å². The van der Waals surface area contributed by atoms with Gasteiger partial charge in [0.15, 0.2) is 0 Å². The minimum atomic E-state index is -0.330. The minimum Gasteiger partial charge on any atom is -0.304 e. The van der Waals surface area contributed by atoms with Gasteiger partial charge >= 0.3 is 0 Å². The lowest BCUT2D eigenvalue weighted by atomic mass is 9.69. The Labute approximate surface area is 182 Å². The third kappa shape index (κ3) is 3.94. The molecule has 2 saturated heterocycles. The fourth-order valence-electron chi connectivity index (χ4n) is 5.47. The van der Waals surface area contributed by atoms with Crippen LogP contribution in [0.2, 0.25) is 0 Å². The summed E-state index contributed by atoms with van der Waals surface area (Å²) in [7, 11) is 2.19. The second-order valence-corrected chi connectivity index (χ2v) is 10.6. The van der Waals surface area contributed by atoms with Crippen molar-refractivity contribution in [1.29, 1.82) is 0 Å². The Balaban J connectivity index is 1.85. The van der Waals surface area contributed by atoms with E-state index >= 15 is 0 Å². The molecule has 0 N–H and O–H groups in total. The predicted octanol–water partition coefficient (Wildman–Crippen LogP) is 4.11. The molecule has 4 rings (SSSR count). The van der Waals surface area contributed by atoms with Crippen LogP contribution in [0, 0.1) is 12.3 Å². The topological polar surface area (TPSA) is 39.2 Å². The fraction of sp³-hybridized carbons (Fsp3) is 0.680. The van der Waals surface area contributed by atoms with Crippen LogP contribution in [0.4, 0.5) is 5.69 Å². The Morgan fingerprint density at radius 3 is 2.13 bits per heavy atom. The normalized spacial score (nSPS) is 27.4. The largest absolute Gasteiger partial charge is 0.304 e. The number of nitrogens with zero attached hydrogens (tertiary/aromatic N) is 4. The number of piperazine rings is 1. The van der Waals surface area contributed by atoms with E-state index in [1.54, 1.807) is 0 Å². The molecular weight excluding hydrogens is 372 g/mol. The Kier molecular flexibility index (Phi) is 5.80. The zero-order chi connectivity index (χ0) is 21.5. The van der Waals surface area contributed by atoms with E-state index in [1.165, 1.54) is 12.0 Å². The molecule has 1 aromatic rings. The van der Waals surface area contributed by atoms with Gasteiger partial charge in [0.2, 0.25) is 5.91 Å².